The van der Waals surface area contributed by atoms with Crippen LogP contribution in [0.2, 0.25) is 0 Å². The van der Waals surface area contributed by atoms with Crippen molar-refractivity contribution in [3.63, 3.8) is 0 Å². The van der Waals surface area contributed by atoms with Crippen molar-refractivity contribution in [3.05, 3.63) is 79.2 Å². The monoisotopic (exact) mass is 430 g/mol. The van der Waals surface area contributed by atoms with Gasteiger partial charge in [0.2, 0.25) is 5.78 Å². The molecule has 0 bridgehead atoms. The van der Waals surface area contributed by atoms with Crippen molar-refractivity contribution in [2.45, 2.75) is 57.2 Å². The van der Waals surface area contributed by atoms with Gasteiger partial charge >= 0.3 is 0 Å². The standard InChI is InChI=1S/C22H29O2P.CH3.Ni/c1-20(2,3)25(21(4,5)6)22(24,18-15-11-8-12-16-18)19(23)17-13-9-7-10-14-17;;/h7-16,24H,1-6H3;1H3;/q;-1;/p+1. The Morgan fingerprint density at radius 3 is 1.52 bits per heavy atom. The molecule has 0 aliphatic carbocycles. The fourth-order valence-electron chi connectivity index (χ4n) is 4.08. The second-order valence-electron chi connectivity index (χ2n) is 8.65. The van der Waals surface area contributed by atoms with E-state index in [1.165, 1.54) is 0 Å². The van der Waals surface area contributed by atoms with Crippen LogP contribution in [0.3, 0.4) is 0 Å². The fraction of sp³-hybridized carbons (Fsp3) is 0.391. The first-order valence-corrected chi connectivity index (χ1v) is 10.2. The minimum absolute atomic E-state index is 0. The molecule has 1 atom stereocenters. The molecule has 0 aliphatic heterocycles. The number of ketones is 1. The van der Waals surface area contributed by atoms with E-state index in [2.05, 4.69) is 41.5 Å². The largest absolute Gasteiger partial charge is 0.358 e. The van der Waals surface area contributed by atoms with Gasteiger partial charge in [-0.05, 0) is 41.5 Å². The quantitative estimate of drug-likeness (QED) is 0.280. The Labute approximate surface area is 176 Å². The minimum atomic E-state index is -1.61. The molecule has 0 radical (unpaired) electrons. The summed E-state index contributed by atoms with van der Waals surface area (Å²) < 4.78 is 0. The van der Waals surface area contributed by atoms with E-state index in [-0.39, 0.29) is 40.0 Å². The molecule has 2 rings (SSSR count). The molecule has 0 saturated heterocycles. The number of benzene rings is 2. The van der Waals surface area contributed by atoms with Crippen molar-refractivity contribution in [1.82, 2.24) is 0 Å². The Kier molecular flexibility index (Phi) is 9.11. The average Bonchev–Trinajstić information content (AvgIpc) is 2.53. The van der Waals surface area contributed by atoms with Gasteiger partial charge < -0.3 is 12.5 Å². The number of hydrogen-bond acceptors (Lipinski definition) is 2. The molecule has 0 amide bonds. The topological polar surface area (TPSA) is 37.3 Å². The van der Waals surface area contributed by atoms with Crippen molar-refractivity contribution in [2.24, 2.45) is 0 Å². The molecular formula is C23H33NiO2P. The third-order valence-corrected chi connectivity index (χ3v) is 8.66. The number of Topliss-reactive ketones (excluding diaryl/α,β-unsaturated/α-hetero) is 1. The molecule has 2 nitrogen and oxygen atoms in total. The van der Waals surface area contributed by atoms with Gasteiger partial charge in [-0.25, -0.2) is 0 Å². The van der Waals surface area contributed by atoms with Gasteiger partial charge in [0.15, 0.2) is 0 Å². The van der Waals surface area contributed by atoms with Crippen LogP contribution in [0.15, 0.2) is 60.7 Å². The van der Waals surface area contributed by atoms with Crippen LogP contribution in [-0.4, -0.2) is 21.2 Å². The van der Waals surface area contributed by atoms with Crippen molar-refractivity contribution < 1.29 is 26.4 Å². The molecular weight excluding hydrogens is 398 g/mol. The van der Waals surface area contributed by atoms with Crippen LogP contribution in [0.5, 0.6) is 0 Å². The molecule has 0 fully saturated rings. The Morgan fingerprint density at radius 2 is 1.15 bits per heavy atom. The number of hydrogen-bond donors (Lipinski definition) is 1. The summed E-state index contributed by atoms with van der Waals surface area (Å²) in [5, 5.41) is 10.2. The molecule has 2 aromatic carbocycles. The zero-order chi connectivity index (χ0) is 18.9. The third-order valence-electron chi connectivity index (χ3n) is 4.42. The van der Waals surface area contributed by atoms with Gasteiger partial charge in [-0.3, -0.25) is 4.79 Å². The maximum Gasteiger partial charge on any atom is 0.262 e. The predicted octanol–water partition coefficient (Wildman–Crippen LogP) is 5.97. The third kappa shape index (κ3) is 5.51. The molecule has 0 spiro atoms. The summed E-state index contributed by atoms with van der Waals surface area (Å²) in [6.07, 6.45) is 0. The summed E-state index contributed by atoms with van der Waals surface area (Å²) in [5.41, 5.74) is 1.26. The van der Waals surface area contributed by atoms with Crippen LogP contribution in [0, 0.1) is 7.43 Å². The first kappa shape index (κ1) is 26.0. The van der Waals surface area contributed by atoms with Crippen LogP contribution in [0.25, 0.3) is 0 Å². The maximum atomic E-state index is 13.6. The summed E-state index contributed by atoms with van der Waals surface area (Å²) in [6, 6.07) is 18.6. The molecule has 1 N–H and O–H groups in total. The fourth-order valence-corrected chi connectivity index (χ4v) is 9.32. The van der Waals surface area contributed by atoms with Crippen molar-refractivity contribution in [3.8, 4) is 0 Å². The van der Waals surface area contributed by atoms with Crippen LogP contribution in [0.1, 0.15) is 57.5 Å². The summed E-state index contributed by atoms with van der Waals surface area (Å²) >= 11 is 0. The minimum Gasteiger partial charge on any atom is -0.358 e. The molecule has 0 aliphatic rings. The van der Waals surface area contributed by atoms with E-state index in [0.29, 0.717) is 11.1 Å². The maximum absolute atomic E-state index is 13.6. The van der Waals surface area contributed by atoms with Crippen LogP contribution in [0.4, 0.5) is 0 Å². The number of aliphatic hydroxyl groups is 1. The first-order chi connectivity index (χ1) is 11.5. The summed E-state index contributed by atoms with van der Waals surface area (Å²) in [4.78, 5) is 13.6. The van der Waals surface area contributed by atoms with E-state index < -0.39 is 13.3 Å². The molecule has 152 valence electrons. The molecule has 2 aromatic rings. The van der Waals surface area contributed by atoms with Gasteiger partial charge in [0.1, 0.15) is 0 Å². The van der Waals surface area contributed by atoms with E-state index in [9.17, 15) is 9.90 Å². The van der Waals surface area contributed by atoms with E-state index >= 15 is 0 Å². The zero-order valence-corrected chi connectivity index (χ0v) is 19.4. The van der Waals surface area contributed by atoms with E-state index in [0.717, 1.165) is 0 Å². The predicted molar refractivity (Wildman–Crippen MR) is 115 cm³/mol. The number of carbonyl (C=O) groups excluding carboxylic acids is 1. The number of carbonyl (C=O) groups is 1. The van der Waals surface area contributed by atoms with Gasteiger partial charge in [-0.15, -0.1) is 0 Å². The second-order valence-corrected chi connectivity index (χ2v) is 13.1. The van der Waals surface area contributed by atoms with Crippen LogP contribution >= 0.6 is 7.92 Å². The van der Waals surface area contributed by atoms with Gasteiger partial charge in [0.05, 0.1) is 18.2 Å². The average molecular weight is 431 g/mol. The molecule has 4 heteroatoms. The van der Waals surface area contributed by atoms with Gasteiger partial charge in [0.25, 0.3) is 5.34 Å². The SMILES string of the molecule is CC(C)(C)[PH+](C(C)(C)C)C(O)(C(=O)c1ccccc1)c1ccccc1.[CH3-].[Ni]. The zero-order valence-electron chi connectivity index (χ0n) is 17.4. The molecule has 1 unspecified atom stereocenters. The summed E-state index contributed by atoms with van der Waals surface area (Å²) in [6.45, 7) is 12.8. The number of rotatable bonds is 4. The van der Waals surface area contributed by atoms with Crippen molar-refractivity contribution in [2.75, 3.05) is 0 Å². The normalized spacial score (nSPS) is 13.9. The second kappa shape index (κ2) is 9.46. The Balaban J connectivity index is 0.00000338. The molecule has 0 aromatic heterocycles. The molecule has 0 saturated carbocycles. The first-order valence-electron chi connectivity index (χ1n) is 8.75. The Bertz CT molecular complexity index is 704. The van der Waals surface area contributed by atoms with Gasteiger partial charge in [-0.2, -0.15) is 0 Å². The summed E-state index contributed by atoms with van der Waals surface area (Å²) in [7, 11) is -1.61. The Hall–Kier alpha value is -1.01. The van der Waals surface area contributed by atoms with Gasteiger partial charge in [0, 0.05) is 27.6 Å². The smallest absolute Gasteiger partial charge is 0.262 e. The van der Waals surface area contributed by atoms with Crippen LogP contribution < -0.4 is 0 Å². The van der Waals surface area contributed by atoms with Gasteiger partial charge in [-0.1, -0.05) is 60.7 Å². The van der Waals surface area contributed by atoms with E-state index in [1.54, 1.807) is 12.1 Å². The molecule has 0 heterocycles. The summed E-state index contributed by atoms with van der Waals surface area (Å²) in [5.74, 6) is -0.196. The molecule has 27 heavy (non-hydrogen) atoms. The Morgan fingerprint density at radius 1 is 0.778 bits per heavy atom. The van der Waals surface area contributed by atoms with Crippen LogP contribution in [-0.2, 0) is 21.8 Å². The van der Waals surface area contributed by atoms with E-state index in [4.69, 9.17) is 0 Å². The van der Waals surface area contributed by atoms with Crippen molar-refractivity contribution >= 4 is 13.7 Å². The van der Waals surface area contributed by atoms with Crippen molar-refractivity contribution in [1.29, 1.82) is 0 Å². The van der Waals surface area contributed by atoms with E-state index in [1.807, 2.05) is 48.5 Å².